The van der Waals surface area contributed by atoms with Gasteiger partial charge in [-0.05, 0) is 25.0 Å². The van der Waals surface area contributed by atoms with E-state index in [1.54, 1.807) is 13.3 Å². The number of aromatic nitrogens is 1. The zero-order chi connectivity index (χ0) is 25.4. The number of hydrogen-bond acceptors (Lipinski definition) is 10. The standard InChI is InChI=1S/C22H30N4O7S2/c1-26(10-11-31-2)35(29,30)19-8-4-15(5-9-19)20(25-33-17-7-6-16(27)12-17)21(28)24-22-23-13-18(34-22)14-32-3/h4-5,8-9,13,16-17,27H,6-7,10-12,14H2,1-3H3,(H,23,24,28)/t16-,17-/m1/s1. The summed E-state index contributed by atoms with van der Waals surface area (Å²) in [5.41, 5.74) is 0.333. The molecule has 2 aromatic rings. The van der Waals surface area contributed by atoms with Gasteiger partial charge in [0.25, 0.3) is 5.91 Å². The summed E-state index contributed by atoms with van der Waals surface area (Å²) in [6.45, 7) is 0.840. The Morgan fingerprint density at radius 2 is 2.00 bits per heavy atom. The van der Waals surface area contributed by atoms with Crippen LogP contribution in [0, 0.1) is 0 Å². The number of oxime groups is 1. The molecule has 0 saturated heterocycles. The summed E-state index contributed by atoms with van der Waals surface area (Å²) in [4.78, 5) is 23.7. The number of nitrogens with zero attached hydrogens (tertiary/aromatic N) is 3. The number of aliphatic hydroxyl groups is 1. The average Bonchev–Trinajstić information content (AvgIpc) is 3.46. The fourth-order valence-corrected chi connectivity index (χ4v) is 5.34. The number of benzene rings is 1. The van der Waals surface area contributed by atoms with Gasteiger partial charge in [-0.1, -0.05) is 28.6 Å². The first-order chi connectivity index (χ1) is 16.7. The molecule has 0 spiro atoms. The first-order valence-corrected chi connectivity index (χ1v) is 13.2. The summed E-state index contributed by atoms with van der Waals surface area (Å²) in [7, 11) is 0.816. The zero-order valence-corrected chi connectivity index (χ0v) is 21.5. The number of carbonyl (C=O) groups excluding carboxylic acids is 1. The Bertz CT molecular complexity index is 1120. The summed E-state index contributed by atoms with van der Waals surface area (Å²) < 4.78 is 36.8. The van der Waals surface area contributed by atoms with Gasteiger partial charge >= 0.3 is 0 Å². The number of sulfonamides is 1. The number of carbonyl (C=O) groups is 1. The van der Waals surface area contributed by atoms with Crippen LogP contribution < -0.4 is 5.32 Å². The Morgan fingerprint density at radius 3 is 2.63 bits per heavy atom. The molecule has 1 heterocycles. The maximum atomic E-state index is 13.1. The van der Waals surface area contributed by atoms with Crippen molar-refractivity contribution in [3.05, 3.63) is 40.9 Å². The number of rotatable bonds is 12. The lowest BCUT2D eigenvalue weighted by Gasteiger charge is -2.17. The normalized spacial score (nSPS) is 18.7. The highest BCUT2D eigenvalue weighted by molar-refractivity contribution is 7.89. The third kappa shape index (κ3) is 7.29. The SMILES string of the molecule is COCCN(C)S(=O)(=O)c1ccc(C(=NO[C@@H]2CC[C@@H](O)C2)C(=O)Nc2ncc(COC)s2)cc1. The second-order valence-corrected chi connectivity index (χ2v) is 11.2. The summed E-state index contributed by atoms with van der Waals surface area (Å²) in [6.07, 6.45) is 2.49. The smallest absolute Gasteiger partial charge is 0.280 e. The predicted octanol–water partition coefficient (Wildman–Crippen LogP) is 1.83. The molecule has 1 aromatic carbocycles. The Kier molecular flexibility index (Phi) is 9.71. The molecule has 192 valence electrons. The molecule has 0 radical (unpaired) electrons. The molecule has 1 aliphatic carbocycles. The fourth-order valence-electron chi connectivity index (χ4n) is 3.40. The van der Waals surface area contributed by atoms with E-state index in [2.05, 4.69) is 15.5 Å². The van der Waals surface area contributed by atoms with Crippen molar-refractivity contribution in [3.63, 3.8) is 0 Å². The van der Waals surface area contributed by atoms with E-state index in [0.29, 0.717) is 36.6 Å². The van der Waals surface area contributed by atoms with E-state index in [4.69, 9.17) is 14.3 Å². The van der Waals surface area contributed by atoms with Crippen molar-refractivity contribution in [1.82, 2.24) is 9.29 Å². The predicted molar refractivity (Wildman–Crippen MR) is 131 cm³/mol. The molecule has 11 nitrogen and oxygen atoms in total. The topological polar surface area (TPSA) is 140 Å². The minimum absolute atomic E-state index is 0.0356. The average molecular weight is 527 g/mol. The second kappa shape index (κ2) is 12.5. The van der Waals surface area contributed by atoms with E-state index in [-0.39, 0.29) is 29.9 Å². The van der Waals surface area contributed by atoms with Crippen LogP contribution in [0.2, 0.25) is 0 Å². The summed E-state index contributed by atoms with van der Waals surface area (Å²) in [6, 6.07) is 5.83. The van der Waals surface area contributed by atoms with Gasteiger partial charge < -0.3 is 19.4 Å². The molecule has 0 unspecified atom stereocenters. The molecule has 13 heteroatoms. The lowest BCUT2D eigenvalue weighted by atomic mass is 10.1. The molecule has 0 aliphatic heterocycles. The van der Waals surface area contributed by atoms with Crippen LogP contribution in [0.4, 0.5) is 5.13 Å². The van der Waals surface area contributed by atoms with E-state index >= 15 is 0 Å². The molecule has 1 saturated carbocycles. The summed E-state index contributed by atoms with van der Waals surface area (Å²) in [5, 5.41) is 16.9. The molecule has 1 aliphatic rings. The van der Waals surface area contributed by atoms with Gasteiger partial charge in [0.2, 0.25) is 10.0 Å². The highest BCUT2D eigenvalue weighted by Gasteiger charge is 2.26. The van der Waals surface area contributed by atoms with Gasteiger partial charge in [-0.15, -0.1) is 0 Å². The number of anilines is 1. The lowest BCUT2D eigenvalue weighted by Crippen LogP contribution is -2.30. The summed E-state index contributed by atoms with van der Waals surface area (Å²) >= 11 is 1.27. The van der Waals surface area contributed by atoms with Crippen molar-refractivity contribution in [3.8, 4) is 0 Å². The van der Waals surface area contributed by atoms with Crippen LogP contribution in [0.5, 0.6) is 0 Å². The number of likely N-dealkylation sites (N-methyl/N-ethyl adjacent to an activating group) is 1. The Labute approximate surface area is 208 Å². The van der Waals surface area contributed by atoms with E-state index in [1.165, 1.54) is 54.1 Å². The van der Waals surface area contributed by atoms with E-state index < -0.39 is 22.0 Å². The fraction of sp³-hybridized carbons (Fsp3) is 0.500. The number of hydrogen-bond donors (Lipinski definition) is 2. The number of thiazole rings is 1. The van der Waals surface area contributed by atoms with Gasteiger partial charge in [-0.25, -0.2) is 13.4 Å². The van der Waals surface area contributed by atoms with E-state index in [0.717, 1.165) is 4.88 Å². The van der Waals surface area contributed by atoms with Gasteiger partial charge in [0.1, 0.15) is 6.10 Å². The maximum absolute atomic E-state index is 13.1. The molecule has 2 N–H and O–H groups in total. The lowest BCUT2D eigenvalue weighted by molar-refractivity contribution is -0.110. The third-order valence-electron chi connectivity index (χ3n) is 5.37. The van der Waals surface area contributed by atoms with Gasteiger partial charge in [-0.2, -0.15) is 4.31 Å². The number of amides is 1. The largest absolute Gasteiger partial charge is 0.393 e. The molecule has 2 atom stereocenters. The van der Waals surface area contributed by atoms with Crippen LogP contribution in [0.1, 0.15) is 29.7 Å². The number of nitrogens with one attached hydrogen (secondary N) is 1. The van der Waals surface area contributed by atoms with Crippen molar-refractivity contribution in [2.24, 2.45) is 5.16 Å². The number of methoxy groups -OCH3 is 2. The van der Waals surface area contributed by atoms with E-state index in [9.17, 15) is 18.3 Å². The first kappa shape index (κ1) is 27.2. The van der Waals surface area contributed by atoms with Gasteiger partial charge in [0.05, 0.1) is 29.1 Å². The van der Waals surface area contributed by atoms with Crippen molar-refractivity contribution < 1.29 is 32.6 Å². The molecule has 35 heavy (non-hydrogen) atoms. The van der Waals surface area contributed by atoms with Gasteiger partial charge in [-0.3, -0.25) is 10.1 Å². The van der Waals surface area contributed by atoms with Crippen molar-refractivity contribution in [2.45, 2.75) is 43.0 Å². The molecule has 3 rings (SSSR count). The summed E-state index contributed by atoms with van der Waals surface area (Å²) in [5.74, 6) is -0.560. The highest BCUT2D eigenvalue weighted by Crippen LogP contribution is 2.23. The first-order valence-electron chi connectivity index (χ1n) is 11.0. The van der Waals surface area contributed by atoms with Crippen molar-refractivity contribution >= 4 is 38.1 Å². The van der Waals surface area contributed by atoms with Crippen LogP contribution >= 0.6 is 11.3 Å². The quantitative estimate of drug-likeness (QED) is 0.315. The molecular formula is C22H30N4O7S2. The third-order valence-corrected chi connectivity index (χ3v) is 8.13. The molecule has 1 aromatic heterocycles. The van der Waals surface area contributed by atoms with Crippen molar-refractivity contribution in [1.29, 1.82) is 0 Å². The minimum Gasteiger partial charge on any atom is -0.393 e. The van der Waals surface area contributed by atoms with Crippen LogP contribution in [0.25, 0.3) is 0 Å². The Balaban J connectivity index is 1.83. The van der Waals surface area contributed by atoms with Crippen molar-refractivity contribution in [2.75, 3.05) is 39.7 Å². The zero-order valence-electron chi connectivity index (χ0n) is 19.8. The number of ether oxygens (including phenoxy) is 2. The molecular weight excluding hydrogens is 496 g/mol. The van der Waals surface area contributed by atoms with E-state index in [1.807, 2.05) is 0 Å². The van der Waals surface area contributed by atoms with Gasteiger partial charge in [0.15, 0.2) is 10.8 Å². The number of aliphatic hydroxyl groups excluding tert-OH is 1. The van der Waals surface area contributed by atoms with Crippen LogP contribution in [0.3, 0.4) is 0 Å². The maximum Gasteiger partial charge on any atom is 0.280 e. The molecule has 1 amide bonds. The Hall–Kier alpha value is -2.42. The second-order valence-electron chi connectivity index (χ2n) is 8.00. The Morgan fingerprint density at radius 1 is 1.26 bits per heavy atom. The highest BCUT2D eigenvalue weighted by atomic mass is 32.2. The monoisotopic (exact) mass is 526 g/mol. The van der Waals surface area contributed by atoms with Gasteiger partial charge in [0, 0.05) is 46.0 Å². The van der Waals surface area contributed by atoms with Crippen LogP contribution in [0.15, 0.2) is 40.5 Å². The van der Waals surface area contributed by atoms with Crippen LogP contribution in [-0.2, 0) is 35.7 Å². The van der Waals surface area contributed by atoms with Crippen LogP contribution in [-0.4, -0.2) is 81.1 Å². The molecule has 0 bridgehead atoms. The minimum atomic E-state index is -3.72. The molecule has 1 fully saturated rings.